The molecule has 0 saturated heterocycles. The normalized spacial score (nSPS) is 25.4. The van der Waals surface area contributed by atoms with Crippen LogP contribution in [0, 0.1) is 11.8 Å². The van der Waals surface area contributed by atoms with Gasteiger partial charge in [-0.25, -0.2) is 0 Å². The SMILES string of the molecule is CC1CCCC(NC(=O)COc2ccc(Br)cc2Cl)C1C. The fourth-order valence-electron chi connectivity index (χ4n) is 2.77. The van der Waals surface area contributed by atoms with Gasteiger partial charge in [0.05, 0.1) is 5.02 Å². The molecule has 0 aliphatic heterocycles. The molecule has 5 heteroatoms. The fraction of sp³-hybridized carbons (Fsp3) is 0.562. The van der Waals surface area contributed by atoms with Crippen LogP contribution in [0.25, 0.3) is 0 Å². The van der Waals surface area contributed by atoms with Crippen molar-refractivity contribution in [1.29, 1.82) is 0 Å². The van der Waals surface area contributed by atoms with E-state index in [0.717, 1.165) is 10.9 Å². The van der Waals surface area contributed by atoms with E-state index in [4.69, 9.17) is 16.3 Å². The molecule has 1 N–H and O–H groups in total. The van der Waals surface area contributed by atoms with Crippen molar-refractivity contribution in [2.75, 3.05) is 6.61 Å². The van der Waals surface area contributed by atoms with E-state index < -0.39 is 0 Å². The zero-order chi connectivity index (χ0) is 15.4. The number of carbonyl (C=O) groups is 1. The summed E-state index contributed by atoms with van der Waals surface area (Å²) in [5.41, 5.74) is 0. The van der Waals surface area contributed by atoms with Crippen molar-refractivity contribution in [1.82, 2.24) is 5.32 Å². The Morgan fingerprint density at radius 2 is 2.19 bits per heavy atom. The zero-order valence-corrected chi connectivity index (χ0v) is 14.7. The molecule has 1 saturated carbocycles. The molecule has 21 heavy (non-hydrogen) atoms. The predicted molar refractivity (Wildman–Crippen MR) is 88.8 cm³/mol. The minimum Gasteiger partial charge on any atom is -0.482 e. The first-order valence-electron chi connectivity index (χ1n) is 7.34. The van der Waals surface area contributed by atoms with Crippen molar-refractivity contribution in [2.45, 2.75) is 39.2 Å². The van der Waals surface area contributed by atoms with Gasteiger partial charge in [-0.1, -0.05) is 54.2 Å². The third-order valence-electron chi connectivity index (χ3n) is 4.31. The predicted octanol–water partition coefficient (Wildman–Crippen LogP) is 4.42. The van der Waals surface area contributed by atoms with Gasteiger partial charge in [0.25, 0.3) is 5.91 Å². The van der Waals surface area contributed by atoms with E-state index in [1.807, 2.05) is 6.07 Å². The van der Waals surface area contributed by atoms with Gasteiger partial charge in [-0.3, -0.25) is 4.79 Å². The van der Waals surface area contributed by atoms with Crippen LogP contribution in [0.4, 0.5) is 0 Å². The summed E-state index contributed by atoms with van der Waals surface area (Å²) in [6.45, 7) is 4.46. The quantitative estimate of drug-likeness (QED) is 0.847. The molecular weight excluding hydrogens is 354 g/mol. The van der Waals surface area contributed by atoms with Crippen molar-refractivity contribution in [3.8, 4) is 5.75 Å². The maximum Gasteiger partial charge on any atom is 0.258 e. The highest BCUT2D eigenvalue weighted by atomic mass is 79.9. The van der Waals surface area contributed by atoms with Gasteiger partial charge < -0.3 is 10.1 Å². The van der Waals surface area contributed by atoms with E-state index in [2.05, 4.69) is 35.1 Å². The summed E-state index contributed by atoms with van der Waals surface area (Å²) in [5, 5.41) is 3.58. The lowest BCUT2D eigenvalue weighted by Crippen LogP contribution is -2.45. The summed E-state index contributed by atoms with van der Waals surface area (Å²) in [4.78, 5) is 12.0. The van der Waals surface area contributed by atoms with Crippen molar-refractivity contribution in [2.24, 2.45) is 11.8 Å². The second-order valence-corrected chi connectivity index (χ2v) is 7.13. The van der Waals surface area contributed by atoms with E-state index in [0.29, 0.717) is 22.6 Å². The highest BCUT2D eigenvalue weighted by Crippen LogP contribution is 2.30. The minimum absolute atomic E-state index is 0.00104. The largest absolute Gasteiger partial charge is 0.482 e. The maximum atomic E-state index is 12.0. The van der Waals surface area contributed by atoms with Gasteiger partial charge in [-0.05, 0) is 36.5 Å². The molecule has 0 bridgehead atoms. The summed E-state index contributed by atoms with van der Waals surface area (Å²) in [7, 11) is 0. The Morgan fingerprint density at radius 1 is 1.43 bits per heavy atom. The standard InChI is InChI=1S/C16H21BrClNO2/c1-10-4-3-5-14(11(10)2)19-16(20)9-21-15-7-6-12(17)8-13(15)18/h6-8,10-11,14H,3-5,9H2,1-2H3,(H,19,20). The van der Waals surface area contributed by atoms with Gasteiger partial charge >= 0.3 is 0 Å². The molecule has 1 aromatic carbocycles. The molecule has 3 unspecified atom stereocenters. The summed E-state index contributed by atoms with van der Waals surface area (Å²) in [6, 6.07) is 5.60. The highest BCUT2D eigenvalue weighted by Gasteiger charge is 2.28. The average Bonchev–Trinajstić information content (AvgIpc) is 2.43. The number of hydrogen-bond acceptors (Lipinski definition) is 2. The Labute approximate surface area is 139 Å². The molecule has 1 aliphatic rings. The van der Waals surface area contributed by atoms with Crippen LogP contribution < -0.4 is 10.1 Å². The van der Waals surface area contributed by atoms with Crippen LogP contribution in [0.1, 0.15) is 33.1 Å². The molecule has 1 aliphatic carbocycles. The van der Waals surface area contributed by atoms with Crippen LogP contribution in [0.15, 0.2) is 22.7 Å². The average molecular weight is 375 g/mol. The summed E-state index contributed by atoms with van der Waals surface area (Å²) in [5.74, 6) is 1.62. The van der Waals surface area contributed by atoms with Crippen LogP contribution in [0.3, 0.4) is 0 Å². The summed E-state index contributed by atoms with van der Waals surface area (Å²) in [6.07, 6.45) is 3.48. The minimum atomic E-state index is -0.0834. The Bertz CT molecular complexity index is 509. The molecular formula is C16H21BrClNO2. The molecule has 1 amide bonds. The van der Waals surface area contributed by atoms with E-state index in [1.54, 1.807) is 12.1 Å². The lowest BCUT2D eigenvalue weighted by atomic mass is 9.78. The van der Waals surface area contributed by atoms with E-state index in [-0.39, 0.29) is 18.6 Å². The Morgan fingerprint density at radius 3 is 2.90 bits per heavy atom. The van der Waals surface area contributed by atoms with Crippen molar-refractivity contribution in [3.05, 3.63) is 27.7 Å². The number of amides is 1. The van der Waals surface area contributed by atoms with E-state index in [9.17, 15) is 4.79 Å². The zero-order valence-electron chi connectivity index (χ0n) is 12.4. The first kappa shape index (κ1) is 16.6. The van der Waals surface area contributed by atoms with Crippen LogP contribution >= 0.6 is 27.5 Å². The lowest BCUT2D eigenvalue weighted by molar-refractivity contribution is -0.124. The number of rotatable bonds is 4. The third kappa shape index (κ3) is 4.62. The molecule has 1 fully saturated rings. The van der Waals surface area contributed by atoms with Gasteiger partial charge in [0, 0.05) is 10.5 Å². The smallest absolute Gasteiger partial charge is 0.258 e. The fourth-order valence-corrected chi connectivity index (χ4v) is 3.50. The first-order chi connectivity index (χ1) is 9.97. The maximum absolute atomic E-state index is 12.0. The van der Waals surface area contributed by atoms with Crippen molar-refractivity contribution in [3.63, 3.8) is 0 Å². The number of benzene rings is 1. The Kier molecular flexibility index (Phi) is 5.94. The van der Waals surface area contributed by atoms with E-state index in [1.165, 1.54) is 12.8 Å². The topological polar surface area (TPSA) is 38.3 Å². The Hall–Kier alpha value is -0.740. The van der Waals surface area contributed by atoms with Gasteiger partial charge in [0.2, 0.25) is 0 Å². The van der Waals surface area contributed by atoms with E-state index >= 15 is 0 Å². The van der Waals surface area contributed by atoms with Crippen molar-refractivity contribution >= 4 is 33.4 Å². The molecule has 0 spiro atoms. The lowest BCUT2D eigenvalue weighted by Gasteiger charge is -2.34. The molecule has 3 nitrogen and oxygen atoms in total. The Balaban J connectivity index is 1.84. The second kappa shape index (κ2) is 7.50. The molecule has 116 valence electrons. The third-order valence-corrected chi connectivity index (χ3v) is 5.09. The molecule has 0 aromatic heterocycles. The number of carbonyl (C=O) groups excluding carboxylic acids is 1. The molecule has 3 atom stereocenters. The van der Waals surface area contributed by atoms with Gasteiger partial charge in [0.1, 0.15) is 5.75 Å². The molecule has 2 rings (SSSR count). The number of hydrogen-bond donors (Lipinski definition) is 1. The summed E-state index contributed by atoms with van der Waals surface area (Å²) < 4.78 is 6.38. The summed E-state index contributed by atoms with van der Waals surface area (Å²) >= 11 is 9.40. The number of ether oxygens (including phenoxy) is 1. The van der Waals surface area contributed by atoms with Gasteiger partial charge in [-0.15, -0.1) is 0 Å². The number of halogens is 2. The van der Waals surface area contributed by atoms with Crippen molar-refractivity contribution < 1.29 is 9.53 Å². The molecule has 0 heterocycles. The van der Waals surface area contributed by atoms with Gasteiger partial charge in [0.15, 0.2) is 6.61 Å². The monoisotopic (exact) mass is 373 g/mol. The van der Waals surface area contributed by atoms with Crippen LogP contribution in [0.5, 0.6) is 5.75 Å². The van der Waals surface area contributed by atoms with Gasteiger partial charge in [-0.2, -0.15) is 0 Å². The molecule has 0 radical (unpaired) electrons. The highest BCUT2D eigenvalue weighted by molar-refractivity contribution is 9.10. The van der Waals surface area contributed by atoms with Crippen LogP contribution in [-0.2, 0) is 4.79 Å². The second-order valence-electron chi connectivity index (χ2n) is 5.80. The van der Waals surface area contributed by atoms with Crippen LogP contribution in [0.2, 0.25) is 5.02 Å². The first-order valence-corrected chi connectivity index (χ1v) is 8.51. The van der Waals surface area contributed by atoms with Crippen LogP contribution in [-0.4, -0.2) is 18.6 Å². The molecule has 1 aromatic rings. The number of nitrogens with one attached hydrogen (secondary N) is 1.